The summed E-state index contributed by atoms with van der Waals surface area (Å²) in [5, 5.41) is 15.9. The van der Waals surface area contributed by atoms with E-state index in [9.17, 15) is 22.8 Å². The van der Waals surface area contributed by atoms with E-state index in [0.29, 0.717) is 16.9 Å². The molecule has 1 aliphatic carbocycles. The van der Waals surface area contributed by atoms with Gasteiger partial charge in [-0.25, -0.2) is 4.39 Å². The second kappa shape index (κ2) is 7.98. The highest BCUT2D eigenvalue weighted by Gasteiger charge is 2.64. The SMILES string of the molecule is C[C@H]1Cn2ncc(C(=O)Nc3cccc(C#N)c3)c2C(=O)N1c1ccc(C(F)(F)C2(F)CC2)cc1. The minimum absolute atomic E-state index is 0.0468. The lowest BCUT2D eigenvalue weighted by molar-refractivity contribution is -0.0939. The summed E-state index contributed by atoms with van der Waals surface area (Å²) in [5.74, 6) is -4.69. The number of nitrogens with zero attached hydrogens (tertiary/aromatic N) is 4. The predicted octanol–water partition coefficient (Wildman–Crippen LogP) is 4.65. The average Bonchev–Trinajstić information content (AvgIpc) is 3.46. The smallest absolute Gasteiger partial charge is 0.306 e. The number of aromatic nitrogens is 2. The van der Waals surface area contributed by atoms with Crippen LogP contribution in [0.2, 0.25) is 0 Å². The molecule has 7 nitrogen and oxygen atoms in total. The Morgan fingerprint density at radius 1 is 1.23 bits per heavy atom. The van der Waals surface area contributed by atoms with Crippen molar-refractivity contribution in [1.29, 1.82) is 5.26 Å². The summed E-state index contributed by atoms with van der Waals surface area (Å²) in [6.45, 7) is 2.06. The molecule has 5 rings (SSSR count). The van der Waals surface area contributed by atoms with E-state index in [-0.39, 0.29) is 36.7 Å². The van der Waals surface area contributed by atoms with E-state index in [2.05, 4.69) is 10.4 Å². The Morgan fingerprint density at radius 2 is 1.94 bits per heavy atom. The number of hydrogen-bond acceptors (Lipinski definition) is 4. The first-order valence-electron chi connectivity index (χ1n) is 11.0. The molecular formula is C25H20F3N5O2. The second-order valence-electron chi connectivity index (χ2n) is 8.85. The number of amides is 2. The zero-order chi connectivity index (χ0) is 25.0. The van der Waals surface area contributed by atoms with Crippen LogP contribution in [0.15, 0.2) is 54.7 Å². The van der Waals surface area contributed by atoms with Gasteiger partial charge in [-0.05, 0) is 50.1 Å². The minimum atomic E-state index is -3.60. The quantitative estimate of drug-likeness (QED) is 0.577. The maximum atomic E-state index is 14.4. The normalized spacial score (nSPS) is 18.5. The van der Waals surface area contributed by atoms with Gasteiger partial charge in [-0.1, -0.05) is 18.2 Å². The van der Waals surface area contributed by atoms with Gasteiger partial charge in [0.1, 0.15) is 5.69 Å². The molecule has 35 heavy (non-hydrogen) atoms. The third kappa shape index (κ3) is 3.73. The Morgan fingerprint density at radius 3 is 2.60 bits per heavy atom. The van der Waals surface area contributed by atoms with Gasteiger partial charge in [0.05, 0.1) is 36.0 Å². The van der Waals surface area contributed by atoms with Crippen molar-refractivity contribution in [3.8, 4) is 6.07 Å². The van der Waals surface area contributed by atoms with Gasteiger partial charge in [-0.3, -0.25) is 14.3 Å². The van der Waals surface area contributed by atoms with Gasteiger partial charge in [0.15, 0.2) is 5.67 Å². The fourth-order valence-corrected chi connectivity index (χ4v) is 4.31. The molecule has 0 unspecified atom stereocenters. The van der Waals surface area contributed by atoms with Crippen LogP contribution in [0.3, 0.4) is 0 Å². The number of hydrogen-bond donors (Lipinski definition) is 1. The van der Waals surface area contributed by atoms with Crippen molar-refractivity contribution in [3.05, 3.63) is 77.1 Å². The largest absolute Gasteiger partial charge is 0.322 e. The lowest BCUT2D eigenvalue weighted by Crippen LogP contribution is -2.47. The zero-order valence-corrected chi connectivity index (χ0v) is 18.6. The molecule has 1 N–H and O–H groups in total. The first-order valence-corrected chi connectivity index (χ1v) is 11.0. The molecule has 0 spiro atoms. The molecule has 2 amide bonds. The van der Waals surface area contributed by atoms with Crippen molar-refractivity contribution in [3.63, 3.8) is 0 Å². The molecular weight excluding hydrogens is 459 g/mol. The van der Waals surface area contributed by atoms with Gasteiger partial charge in [-0.2, -0.15) is 19.1 Å². The summed E-state index contributed by atoms with van der Waals surface area (Å²) < 4.78 is 44.4. The van der Waals surface area contributed by atoms with Crippen LogP contribution in [0.1, 0.15) is 51.7 Å². The number of anilines is 2. The number of carbonyl (C=O) groups excluding carboxylic acids is 2. The Balaban J connectivity index is 1.42. The van der Waals surface area contributed by atoms with Gasteiger partial charge in [0, 0.05) is 16.9 Å². The van der Waals surface area contributed by atoms with E-state index in [1.54, 1.807) is 25.1 Å². The standard InChI is InChI=1S/C25H20F3N5O2/c1-15-14-32-21(20(13-30-32)22(34)31-18-4-2-3-16(11-18)12-29)23(35)33(15)19-7-5-17(6-8-19)25(27,28)24(26)9-10-24/h2-8,11,13,15H,9-10,14H2,1H3,(H,31,34)/t15-/m0/s1. The molecule has 1 aromatic heterocycles. The molecule has 2 aliphatic rings. The summed E-state index contributed by atoms with van der Waals surface area (Å²) in [5.41, 5.74) is -1.73. The zero-order valence-electron chi connectivity index (χ0n) is 18.6. The van der Waals surface area contributed by atoms with Gasteiger partial charge in [-0.15, -0.1) is 0 Å². The second-order valence-corrected chi connectivity index (χ2v) is 8.85. The van der Waals surface area contributed by atoms with Gasteiger partial charge in [0.2, 0.25) is 0 Å². The van der Waals surface area contributed by atoms with Crippen LogP contribution >= 0.6 is 0 Å². The van der Waals surface area contributed by atoms with Crippen LogP contribution in [0.4, 0.5) is 24.5 Å². The van der Waals surface area contributed by atoms with Crippen LogP contribution < -0.4 is 10.2 Å². The Kier molecular flexibility index (Phi) is 5.16. The summed E-state index contributed by atoms with van der Waals surface area (Å²) in [6.07, 6.45) is 0.935. The maximum Gasteiger partial charge on any atom is 0.306 e. The molecule has 0 radical (unpaired) electrons. The van der Waals surface area contributed by atoms with E-state index < -0.39 is 29.0 Å². The number of alkyl halides is 3. The summed E-state index contributed by atoms with van der Waals surface area (Å²) in [6, 6.07) is 13.0. The summed E-state index contributed by atoms with van der Waals surface area (Å²) in [7, 11) is 0. The van der Waals surface area contributed by atoms with Gasteiger partial charge in [0.25, 0.3) is 11.8 Å². The van der Waals surface area contributed by atoms with Gasteiger partial charge < -0.3 is 10.2 Å². The van der Waals surface area contributed by atoms with Crippen LogP contribution in [0.5, 0.6) is 0 Å². The van der Waals surface area contributed by atoms with Crippen LogP contribution in [-0.4, -0.2) is 33.3 Å². The third-order valence-corrected chi connectivity index (χ3v) is 6.39. The lowest BCUT2D eigenvalue weighted by Gasteiger charge is -2.34. The Labute approximate surface area is 198 Å². The minimum Gasteiger partial charge on any atom is -0.322 e. The van der Waals surface area contributed by atoms with E-state index >= 15 is 0 Å². The lowest BCUT2D eigenvalue weighted by atomic mass is 10.0. The molecule has 1 fully saturated rings. The number of nitrogens with one attached hydrogen (secondary N) is 1. The molecule has 2 heterocycles. The summed E-state index contributed by atoms with van der Waals surface area (Å²) in [4.78, 5) is 27.8. The van der Waals surface area contributed by atoms with Crippen molar-refractivity contribution in [2.75, 3.05) is 10.2 Å². The Bertz CT molecular complexity index is 1370. The molecule has 3 aromatic rings. The molecule has 0 saturated heterocycles. The van der Waals surface area contributed by atoms with Crippen molar-refractivity contribution in [1.82, 2.24) is 9.78 Å². The number of carbonyl (C=O) groups is 2. The molecule has 1 atom stereocenters. The number of nitriles is 1. The van der Waals surface area contributed by atoms with Crippen molar-refractivity contribution >= 4 is 23.2 Å². The number of rotatable bonds is 5. The van der Waals surface area contributed by atoms with Crippen molar-refractivity contribution < 1.29 is 22.8 Å². The molecule has 1 saturated carbocycles. The van der Waals surface area contributed by atoms with E-state index in [1.807, 2.05) is 6.07 Å². The van der Waals surface area contributed by atoms with E-state index in [0.717, 1.165) is 12.1 Å². The summed E-state index contributed by atoms with van der Waals surface area (Å²) >= 11 is 0. The van der Waals surface area contributed by atoms with Crippen LogP contribution in [0.25, 0.3) is 0 Å². The molecule has 10 heteroatoms. The van der Waals surface area contributed by atoms with E-state index in [4.69, 9.17) is 5.26 Å². The fourth-order valence-electron chi connectivity index (χ4n) is 4.31. The third-order valence-electron chi connectivity index (χ3n) is 6.39. The maximum absolute atomic E-state index is 14.4. The predicted molar refractivity (Wildman–Crippen MR) is 121 cm³/mol. The highest BCUT2D eigenvalue weighted by atomic mass is 19.3. The van der Waals surface area contributed by atoms with E-state index in [1.165, 1.54) is 34.0 Å². The molecule has 2 aromatic carbocycles. The average molecular weight is 479 g/mol. The topological polar surface area (TPSA) is 91.0 Å². The van der Waals surface area contributed by atoms with Crippen LogP contribution in [-0.2, 0) is 12.5 Å². The molecule has 0 bridgehead atoms. The first-order chi connectivity index (χ1) is 16.6. The molecule has 1 aliphatic heterocycles. The van der Waals surface area contributed by atoms with Crippen LogP contribution in [0, 0.1) is 11.3 Å². The number of fused-ring (bicyclic) bond motifs is 1. The monoisotopic (exact) mass is 479 g/mol. The Hall–Kier alpha value is -4.13. The van der Waals surface area contributed by atoms with Crippen molar-refractivity contribution in [2.45, 2.75) is 43.9 Å². The highest BCUT2D eigenvalue weighted by molar-refractivity contribution is 6.15. The fraction of sp³-hybridized carbons (Fsp3) is 0.280. The number of benzene rings is 2. The van der Waals surface area contributed by atoms with Crippen molar-refractivity contribution in [2.24, 2.45) is 0 Å². The van der Waals surface area contributed by atoms with Gasteiger partial charge >= 0.3 is 5.92 Å². The number of halogens is 3. The highest BCUT2D eigenvalue weighted by Crippen LogP contribution is 2.56. The first kappa shape index (κ1) is 22.7. The molecule has 178 valence electrons.